The molecule has 1 aromatic heterocycles. The summed E-state index contributed by atoms with van der Waals surface area (Å²) in [5, 5.41) is 20.5. The lowest BCUT2D eigenvalue weighted by Gasteiger charge is -2.34. The van der Waals surface area contributed by atoms with E-state index in [0.29, 0.717) is 40.0 Å². The first-order chi connectivity index (χ1) is 18.6. The minimum Gasteiger partial charge on any atom is -0.854 e. The van der Waals surface area contributed by atoms with Gasteiger partial charge < -0.3 is 9.84 Å². The maximum absolute atomic E-state index is 14.3. The molecule has 1 amide bonds. The van der Waals surface area contributed by atoms with Gasteiger partial charge in [0, 0.05) is 10.7 Å². The third-order valence-corrected chi connectivity index (χ3v) is 7.17. The van der Waals surface area contributed by atoms with Gasteiger partial charge in [0.1, 0.15) is 5.75 Å². The summed E-state index contributed by atoms with van der Waals surface area (Å²) in [7, 11) is 0. The van der Waals surface area contributed by atoms with E-state index in [1.165, 1.54) is 11.8 Å². The fourth-order valence-electron chi connectivity index (χ4n) is 5.04. The lowest BCUT2D eigenvalue weighted by molar-refractivity contribution is -0.763. The molecule has 188 valence electrons. The third-order valence-electron chi connectivity index (χ3n) is 6.63. The van der Waals surface area contributed by atoms with Crippen molar-refractivity contribution in [2.75, 3.05) is 17.8 Å². The highest BCUT2D eigenvalue weighted by molar-refractivity contribution is 7.98. The number of hydrogen-bond acceptors (Lipinski definition) is 6. The van der Waals surface area contributed by atoms with Crippen LogP contribution in [-0.4, -0.2) is 28.9 Å². The second kappa shape index (κ2) is 9.79. The first-order valence-electron chi connectivity index (χ1n) is 12.3. The van der Waals surface area contributed by atoms with E-state index < -0.39 is 12.0 Å². The maximum Gasteiger partial charge on any atom is 0.297 e. The normalized spacial score (nSPS) is 14.2. The molecule has 8 heteroatoms. The molecule has 0 fully saturated rings. The molecule has 1 aliphatic rings. The van der Waals surface area contributed by atoms with Crippen LogP contribution in [0.1, 0.15) is 29.0 Å². The largest absolute Gasteiger partial charge is 0.854 e. The van der Waals surface area contributed by atoms with Crippen molar-refractivity contribution in [3.05, 3.63) is 102 Å². The van der Waals surface area contributed by atoms with Crippen molar-refractivity contribution in [1.29, 1.82) is 0 Å². The van der Waals surface area contributed by atoms with Crippen LogP contribution in [-0.2, 0) is 0 Å². The van der Waals surface area contributed by atoms with Crippen LogP contribution in [0.3, 0.4) is 0 Å². The average Bonchev–Trinajstić information content (AvgIpc) is 2.96. The molecule has 0 saturated heterocycles. The van der Waals surface area contributed by atoms with Crippen LogP contribution < -0.4 is 19.4 Å². The standard InChI is InChI=1S/C30H24N4O3S/c1-3-37-24-18-17-19-11-7-8-14-21(19)25(24)28-33(29(36)20-12-5-4-6-13-20)23-16-10-9-15-22(23)26-27(35)31-30(38-2)32-34(26)28/h4-18,28H,3H2,1-2H3. The molecule has 1 aliphatic heterocycles. The van der Waals surface area contributed by atoms with Crippen LogP contribution in [0.4, 0.5) is 5.69 Å². The Hall–Kier alpha value is -4.43. The predicted octanol–water partition coefficient (Wildman–Crippen LogP) is 4.99. The molecule has 0 bridgehead atoms. The number of fused-ring (bicyclic) bond motifs is 4. The van der Waals surface area contributed by atoms with Gasteiger partial charge in [-0.1, -0.05) is 77.1 Å². The number of amides is 1. The zero-order valence-electron chi connectivity index (χ0n) is 20.9. The Morgan fingerprint density at radius 2 is 1.74 bits per heavy atom. The molecule has 0 radical (unpaired) electrons. The van der Waals surface area contributed by atoms with Crippen molar-refractivity contribution >= 4 is 34.1 Å². The molecule has 0 spiro atoms. The van der Waals surface area contributed by atoms with E-state index in [2.05, 4.69) is 4.98 Å². The van der Waals surface area contributed by atoms with Gasteiger partial charge in [0.15, 0.2) is 0 Å². The van der Waals surface area contributed by atoms with Gasteiger partial charge in [-0.25, -0.2) is 9.88 Å². The maximum atomic E-state index is 14.3. The summed E-state index contributed by atoms with van der Waals surface area (Å²) < 4.78 is 7.79. The van der Waals surface area contributed by atoms with Gasteiger partial charge in [-0.05, 0) is 54.3 Å². The second-order valence-electron chi connectivity index (χ2n) is 8.76. The molecule has 38 heavy (non-hydrogen) atoms. The van der Waals surface area contributed by atoms with E-state index in [0.717, 1.165) is 16.3 Å². The van der Waals surface area contributed by atoms with E-state index in [1.54, 1.807) is 21.7 Å². The Morgan fingerprint density at radius 3 is 2.53 bits per heavy atom. The SMILES string of the molecule is CCOc1ccc2ccccc2c1C1N(C(=O)c2ccccc2)c2ccccc2-c2c([O-])nc(SC)n[n+]21. The molecule has 4 aromatic carbocycles. The average molecular weight is 521 g/mol. The molecule has 5 aromatic rings. The highest BCUT2D eigenvalue weighted by Gasteiger charge is 2.47. The summed E-state index contributed by atoms with van der Waals surface area (Å²) in [6, 6.07) is 28.4. The fourth-order valence-corrected chi connectivity index (χ4v) is 5.39. The molecular formula is C30H24N4O3S. The van der Waals surface area contributed by atoms with Crippen molar-refractivity contribution in [1.82, 2.24) is 10.1 Å². The van der Waals surface area contributed by atoms with E-state index in [-0.39, 0.29) is 5.91 Å². The highest BCUT2D eigenvalue weighted by atomic mass is 32.2. The summed E-state index contributed by atoms with van der Waals surface area (Å²) in [5.74, 6) is 0.0109. The Kier molecular flexibility index (Phi) is 6.17. The minimum atomic E-state index is -0.804. The Bertz CT molecular complexity index is 1680. The number of hydrogen-bond donors (Lipinski definition) is 0. The number of ether oxygens (including phenoxy) is 1. The zero-order chi connectivity index (χ0) is 26.2. The van der Waals surface area contributed by atoms with Crippen molar-refractivity contribution < 1.29 is 19.3 Å². The number of carbonyl (C=O) groups is 1. The molecule has 1 unspecified atom stereocenters. The lowest BCUT2D eigenvalue weighted by Crippen LogP contribution is -2.59. The molecule has 0 N–H and O–H groups in total. The molecule has 0 saturated carbocycles. The predicted molar refractivity (Wildman–Crippen MR) is 145 cm³/mol. The van der Waals surface area contributed by atoms with Gasteiger partial charge in [-0.2, -0.15) is 0 Å². The molecule has 0 aliphatic carbocycles. The van der Waals surface area contributed by atoms with E-state index >= 15 is 0 Å². The summed E-state index contributed by atoms with van der Waals surface area (Å²) in [4.78, 5) is 20.3. The van der Waals surface area contributed by atoms with Crippen molar-refractivity contribution in [3.63, 3.8) is 0 Å². The molecule has 6 rings (SSSR count). The van der Waals surface area contributed by atoms with Crippen molar-refractivity contribution in [2.24, 2.45) is 0 Å². The smallest absolute Gasteiger partial charge is 0.297 e. The fraction of sp³-hybridized carbons (Fsp3) is 0.133. The van der Waals surface area contributed by atoms with Crippen LogP contribution in [0.2, 0.25) is 0 Å². The van der Waals surface area contributed by atoms with Crippen molar-refractivity contribution in [2.45, 2.75) is 18.2 Å². The van der Waals surface area contributed by atoms with E-state index in [4.69, 9.17) is 9.84 Å². The van der Waals surface area contributed by atoms with E-state index in [1.807, 2.05) is 92.0 Å². The van der Waals surface area contributed by atoms with Crippen LogP contribution in [0.25, 0.3) is 22.0 Å². The number of carbonyl (C=O) groups excluding carboxylic acids is 1. The van der Waals surface area contributed by atoms with Crippen molar-refractivity contribution in [3.8, 4) is 22.9 Å². The summed E-state index contributed by atoms with van der Waals surface area (Å²) in [5.41, 5.74) is 2.82. The monoisotopic (exact) mass is 520 g/mol. The molecule has 2 heterocycles. The van der Waals surface area contributed by atoms with Gasteiger partial charge in [-0.15, -0.1) is 0 Å². The van der Waals surface area contributed by atoms with Crippen LogP contribution in [0, 0.1) is 0 Å². The third kappa shape index (κ3) is 3.85. The lowest BCUT2D eigenvalue weighted by atomic mass is 9.95. The van der Waals surface area contributed by atoms with Gasteiger partial charge in [0.2, 0.25) is 0 Å². The van der Waals surface area contributed by atoms with Gasteiger partial charge in [0.05, 0.1) is 29.3 Å². The molecular weight excluding hydrogens is 496 g/mol. The number of para-hydroxylation sites is 1. The van der Waals surface area contributed by atoms with E-state index in [9.17, 15) is 9.90 Å². The number of thioether (sulfide) groups is 1. The van der Waals surface area contributed by atoms with Gasteiger partial charge in [-0.3, -0.25) is 4.79 Å². The Morgan fingerprint density at radius 1 is 1.00 bits per heavy atom. The van der Waals surface area contributed by atoms with Gasteiger partial charge >= 0.3 is 0 Å². The summed E-state index contributed by atoms with van der Waals surface area (Å²) in [6.07, 6.45) is 1.02. The number of rotatable bonds is 5. The van der Waals surface area contributed by atoms with Crippen LogP contribution in [0.5, 0.6) is 11.6 Å². The summed E-state index contributed by atoms with van der Waals surface area (Å²) in [6.45, 7) is 2.36. The summed E-state index contributed by atoms with van der Waals surface area (Å²) >= 11 is 1.28. The first-order valence-corrected chi connectivity index (χ1v) is 13.5. The first kappa shape index (κ1) is 23.9. The Labute approximate surface area is 224 Å². The zero-order valence-corrected chi connectivity index (χ0v) is 21.7. The number of benzene rings is 4. The second-order valence-corrected chi connectivity index (χ2v) is 9.53. The quantitative estimate of drug-likeness (QED) is 0.240. The molecule has 7 nitrogen and oxygen atoms in total. The van der Waals surface area contributed by atoms with Crippen LogP contribution in [0.15, 0.2) is 96.2 Å². The number of nitrogens with zero attached hydrogens (tertiary/aromatic N) is 4. The minimum absolute atomic E-state index is 0.214. The number of anilines is 1. The van der Waals surface area contributed by atoms with Gasteiger partial charge in [0.25, 0.3) is 22.9 Å². The highest BCUT2D eigenvalue weighted by Crippen LogP contribution is 2.45. The molecule has 1 atom stereocenters. The topological polar surface area (TPSA) is 82.3 Å². The van der Waals surface area contributed by atoms with Crippen LogP contribution >= 0.6 is 11.8 Å². The number of aromatic nitrogens is 3. The Balaban J connectivity index is 1.75.